The summed E-state index contributed by atoms with van der Waals surface area (Å²) in [6, 6.07) is 16.7. The summed E-state index contributed by atoms with van der Waals surface area (Å²) in [6.07, 6.45) is -1.55. The Balaban J connectivity index is 1.63. The lowest BCUT2D eigenvalue weighted by Gasteiger charge is -2.23. The normalized spacial score (nSPS) is 23.1. The summed E-state index contributed by atoms with van der Waals surface area (Å²) in [6.45, 7) is 1.26. The van der Waals surface area contributed by atoms with Crippen molar-refractivity contribution in [2.24, 2.45) is 0 Å². The molecular weight excluding hydrogens is 410 g/mol. The van der Waals surface area contributed by atoms with Gasteiger partial charge in [-0.1, -0.05) is 52.3 Å². The highest BCUT2D eigenvalue weighted by atomic mass is 79.9. The maximum absolute atomic E-state index is 12.4. The molecule has 144 valence electrons. The number of β-amino-alcohol motifs (C(OH)–C–C–N with tert-alkyl or cyclic N) is 1. The number of halogens is 1. The first-order valence-electron chi connectivity index (χ1n) is 8.96. The zero-order chi connectivity index (χ0) is 19.2. The van der Waals surface area contributed by atoms with Gasteiger partial charge in [0.25, 0.3) is 5.91 Å². The fourth-order valence-electron chi connectivity index (χ4n) is 3.16. The highest BCUT2D eigenvalue weighted by Crippen LogP contribution is 2.15. The quantitative estimate of drug-likeness (QED) is 0.452. The summed E-state index contributed by atoms with van der Waals surface area (Å²) < 4.78 is 0.854. The first-order valence-corrected chi connectivity index (χ1v) is 9.75. The maximum Gasteiger partial charge on any atom is 0.251 e. The van der Waals surface area contributed by atoms with Crippen LogP contribution in [0.15, 0.2) is 59.1 Å². The molecule has 27 heavy (non-hydrogen) atoms. The number of carbonyl (C=O) groups is 1. The monoisotopic (exact) mass is 433 g/mol. The first-order chi connectivity index (χ1) is 13.0. The lowest BCUT2D eigenvalue weighted by molar-refractivity contribution is 0.0403. The summed E-state index contributed by atoms with van der Waals surface area (Å²) >= 11 is 3.38. The maximum atomic E-state index is 12.4. The van der Waals surface area contributed by atoms with E-state index >= 15 is 0 Å². The Morgan fingerprint density at radius 2 is 1.96 bits per heavy atom. The van der Waals surface area contributed by atoms with Gasteiger partial charge < -0.3 is 26.2 Å². The summed E-state index contributed by atoms with van der Waals surface area (Å²) in [5.74, 6) is -0.145. The topological polar surface area (TPSA) is 93.6 Å². The number of carbonyl (C=O) groups excluding carboxylic acids is 1. The van der Waals surface area contributed by atoms with Gasteiger partial charge in [0, 0.05) is 41.8 Å². The van der Waals surface area contributed by atoms with Gasteiger partial charge in [-0.15, -0.1) is 0 Å². The Morgan fingerprint density at radius 3 is 2.63 bits per heavy atom. The highest BCUT2D eigenvalue weighted by Gasteiger charge is 2.33. The van der Waals surface area contributed by atoms with Crippen LogP contribution in [0, 0.1) is 0 Å². The van der Waals surface area contributed by atoms with Gasteiger partial charge in [0.1, 0.15) is 0 Å². The highest BCUT2D eigenvalue weighted by molar-refractivity contribution is 9.10. The van der Waals surface area contributed by atoms with Crippen LogP contribution >= 0.6 is 15.9 Å². The van der Waals surface area contributed by atoms with E-state index in [4.69, 9.17) is 0 Å². The van der Waals surface area contributed by atoms with Gasteiger partial charge in [0.15, 0.2) is 0 Å². The van der Waals surface area contributed by atoms with Gasteiger partial charge in [-0.2, -0.15) is 0 Å². The lowest BCUT2D eigenvalue weighted by Crippen LogP contribution is -2.45. The molecule has 0 radical (unpaired) electrons. The van der Waals surface area contributed by atoms with E-state index in [1.54, 1.807) is 12.1 Å². The summed E-state index contributed by atoms with van der Waals surface area (Å²) in [7, 11) is 0. The molecule has 1 fully saturated rings. The van der Waals surface area contributed by atoms with E-state index in [2.05, 4.69) is 31.9 Å². The van der Waals surface area contributed by atoms with Crippen molar-refractivity contribution in [3.63, 3.8) is 0 Å². The van der Waals surface area contributed by atoms with Crippen LogP contribution in [-0.4, -0.2) is 54.0 Å². The Morgan fingerprint density at radius 1 is 1.19 bits per heavy atom. The molecule has 1 heterocycles. The van der Waals surface area contributed by atoms with Gasteiger partial charge in [-0.3, -0.25) is 4.79 Å². The van der Waals surface area contributed by atoms with E-state index in [1.165, 1.54) is 0 Å². The molecule has 2 aromatic rings. The second kappa shape index (κ2) is 9.43. The van der Waals surface area contributed by atoms with Crippen molar-refractivity contribution in [2.45, 2.75) is 24.3 Å². The molecule has 1 aliphatic rings. The first kappa shape index (κ1) is 20.0. The third-order valence-corrected chi connectivity index (χ3v) is 5.23. The van der Waals surface area contributed by atoms with Crippen molar-refractivity contribution < 1.29 is 15.0 Å². The smallest absolute Gasteiger partial charge is 0.251 e. The molecule has 1 aliphatic heterocycles. The molecule has 1 amide bonds. The van der Waals surface area contributed by atoms with Crippen LogP contribution in [0.4, 0.5) is 0 Å². The molecule has 3 rings (SSSR count). The van der Waals surface area contributed by atoms with Crippen LogP contribution in [0.2, 0.25) is 0 Å². The minimum Gasteiger partial charge on any atom is -0.389 e. The Kier molecular flexibility index (Phi) is 6.98. The largest absolute Gasteiger partial charge is 0.389 e. The van der Waals surface area contributed by atoms with E-state index in [9.17, 15) is 15.0 Å². The molecule has 2 aromatic carbocycles. The number of rotatable bonds is 7. The van der Waals surface area contributed by atoms with E-state index in [0.717, 1.165) is 10.0 Å². The number of benzene rings is 2. The molecule has 7 heteroatoms. The molecule has 5 N–H and O–H groups in total. The standard InChI is InChI=1S/C20H24BrN3O3/c21-15-8-4-7-14(9-15)20(27)24-10-16(13-5-2-1-3-6-13)22-11-17-19(26)18(25)12-23-17/h1-9,16-19,22-23,25-26H,10-12H2,(H,24,27)/t16?,17-,18+,19-/m1/s1. The van der Waals surface area contributed by atoms with Crippen LogP contribution in [0.5, 0.6) is 0 Å². The van der Waals surface area contributed by atoms with E-state index in [-0.39, 0.29) is 18.0 Å². The minimum atomic E-state index is -0.801. The van der Waals surface area contributed by atoms with Crippen molar-refractivity contribution in [1.82, 2.24) is 16.0 Å². The van der Waals surface area contributed by atoms with Crippen molar-refractivity contribution in [1.29, 1.82) is 0 Å². The summed E-state index contributed by atoms with van der Waals surface area (Å²) in [4.78, 5) is 12.4. The molecule has 0 spiro atoms. The zero-order valence-electron chi connectivity index (χ0n) is 14.8. The fourth-order valence-corrected chi connectivity index (χ4v) is 3.56. The number of hydrogen-bond acceptors (Lipinski definition) is 5. The summed E-state index contributed by atoms with van der Waals surface area (Å²) in [5.41, 5.74) is 1.63. The van der Waals surface area contributed by atoms with E-state index in [0.29, 0.717) is 25.2 Å². The Labute approximate surface area is 167 Å². The van der Waals surface area contributed by atoms with E-state index < -0.39 is 12.2 Å². The second-order valence-electron chi connectivity index (χ2n) is 6.66. The number of aliphatic hydroxyl groups is 2. The Bertz CT molecular complexity index is 759. The second-order valence-corrected chi connectivity index (χ2v) is 7.58. The fraction of sp³-hybridized carbons (Fsp3) is 0.350. The average molecular weight is 434 g/mol. The summed E-state index contributed by atoms with van der Waals surface area (Å²) in [5, 5.41) is 29.1. The molecule has 1 unspecified atom stereocenters. The SMILES string of the molecule is O=C(NCC(NC[C@H]1NC[C@H](O)[C@@H]1O)c1ccccc1)c1cccc(Br)c1. The number of amides is 1. The molecule has 0 bridgehead atoms. The van der Waals surface area contributed by atoms with Gasteiger partial charge >= 0.3 is 0 Å². The predicted molar refractivity (Wildman–Crippen MR) is 107 cm³/mol. The molecule has 0 saturated carbocycles. The third-order valence-electron chi connectivity index (χ3n) is 4.74. The van der Waals surface area contributed by atoms with Crippen LogP contribution < -0.4 is 16.0 Å². The van der Waals surface area contributed by atoms with Crippen molar-refractivity contribution in [3.8, 4) is 0 Å². The number of nitrogens with one attached hydrogen (secondary N) is 3. The van der Waals surface area contributed by atoms with E-state index in [1.807, 2.05) is 42.5 Å². The lowest BCUT2D eigenvalue weighted by atomic mass is 10.1. The van der Waals surface area contributed by atoms with Gasteiger partial charge in [0.05, 0.1) is 12.2 Å². The van der Waals surface area contributed by atoms with Crippen molar-refractivity contribution >= 4 is 21.8 Å². The third kappa shape index (κ3) is 5.37. The zero-order valence-corrected chi connectivity index (χ0v) is 16.4. The van der Waals surface area contributed by atoms with Gasteiger partial charge in [-0.25, -0.2) is 0 Å². The number of hydrogen-bond donors (Lipinski definition) is 5. The van der Waals surface area contributed by atoms with Crippen LogP contribution in [0.25, 0.3) is 0 Å². The van der Waals surface area contributed by atoms with Crippen molar-refractivity contribution in [3.05, 3.63) is 70.2 Å². The molecular formula is C20H24BrN3O3. The Hall–Kier alpha value is -1.77. The molecule has 0 aromatic heterocycles. The van der Waals surface area contributed by atoms with Crippen LogP contribution in [0.1, 0.15) is 22.0 Å². The minimum absolute atomic E-state index is 0.117. The average Bonchev–Trinajstić information content (AvgIpc) is 3.00. The van der Waals surface area contributed by atoms with Crippen LogP contribution in [-0.2, 0) is 0 Å². The molecule has 6 nitrogen and oxygen atoms in total. The van der Waals surface area contributed by atoms with Crippen LogP contribution in [0.3, 0.4) is 0 Å². The predicted octanol–water partition coefficient (Wildman–Crippen LogP) is 1.20. The molecule has 4 atom stereocenters. The van der Waals surface area contributed by atoms with Crippen molar-refractivity contribution in [2.75, 3.05) is 19.6 Å². The number of aliphatic hydroxyl groups excluding tert-OH is 2. The molecule has 0 aliphatic carbocycles. The molecule has 1 saturated heterocycles. The van der Waals surface area contributed by atoms with Gasteiger partial charge in [0.2, 0.25) is 0 Å². The van der Waals surface area contributed by atoms with Gasteiger partial charge in [-0.05, 0) is 23.8 Å².